The smallest absolute Gasteiger partial charge is 0.203 e. The van der Waals surface area contributed by atoms with Crippen molar-refractivity contribution in [3.8, 4) is 5.75 Å². The zero-order valence-electron chi connectivity index (χ0n) is 10.4. The zero-order chi connectivity index (χ0) is 13.1. The maximum Gasteiger partial charge on any atom is 0.203 e. The Kier molecular flexibility index (Phi) is 3.67. The van der Waals surface area contributed by atoms with Crippen molar-refractivity contribution in [2.45, 2.75) is 13.8 Å². The summed E-state index contributed by atoms with van der Waals surface area (Å²) in [7, 11) is 0. The number of hydrogen-bond acceptors (Lipinski definition) is 4. The van der Waals surface area contributed by atoms with Gasteiger partial charge in [-0.3, -0.25) is 4.79 Å². The third-order valence-corrected chi connectivity index (χ3v) is 3.54. The molecule has 0 saturated carbocycles. The number of nitrogen functional groups attached to an aromatic ring is 1. The van der Waals surface area contributed by atoms with Crippen LogP contribution in [-0.4, -0.2) is 12.4 Å². The van der Waals surface area contributed by atoms with Gasteiger partial charge in [0.1, 0.15) is 5.75 Å². The van der Waals surface area contributed by atoms with Gasteiger partial charge in [-0.15, -0.1) is 11.3 Å². The summed E-state index contributed by atoms with van der Waals surface area (Å²) in [4.78, 5) is 14.0. The van der Waals surface area contributed by atoms with Gasteiger partial charge in [0.05, 0.1) is 17.2 Å². The Morgan fingerprint density at radius 3 is 2.67 bits per heavy atom. The molecule has 1 aromatic carbocycles. The monoisotopic (exact) mass is 261 g/mol. The lowest BCUT2D eigenvalue weighted by Gasteiger charge is -2.07. The Bertz CT molecular complexity index is 575. The predicted molar refractivity (Wildman–Crippen MR) is 74.5 cm³/mol. The lowest BCUT2D eigenvalue weighted by atomic mass is 10.1. The molecule has 0 spiro atoms. The van der Waals surface area contributed by atoms with E-state index in [0.29, 0.717) is 23.6 Å². The molecule has 0 amide bonds. The number of carbonyl (C=O) groups excluding carboxylic acids is 1. The molecule has 1 aromatic heterocycles. The van der Waals surface area contributed by atoms with E-state index < -0.39 is 0 Å². The quantitative estimate of drug-likeness (QED) is 0.679. The number of thiophene rings is 1. The summed E-state index contributed by atoms with van der Waals surface area (Å²) in [6.45, 7) is 4.43. The predicted octanol–water partition coefficient (Wildman–Crippen LogP) is 3.27. The summed E-state index contributed by atoms with van der Waals surface area (Å²) in [6.07, 6.45) is 0. The van der Waals surface area contributed by atoms with Crippen LogP contribution in [0.1, 0.15) is 27.0 Å². The van der Waals surface area contributed by atoms with Gasteiger partial charge in [-0.25, -0.2) is 0 Å². The lowest BCUT2D eigenvalue weighted by Crippen LogP contribution is -2.02. The third-order valence-electron chi connectivity index (χ3n) is 2.54. The first-order valence-electron chi connectivity index (χ1n) is 5.75. The average Bonchev–Trinajstić information content (AvgIpc) is 2.78. The van der Waals surface area contributed by atoms with Crippen molar-refractivity contribution in [3.05, 3.63) is 45.6 Å². The van der Waals surface area contributed by atoms with E-state index in [2.05, 4.69) is 0 Å². The molecule has 1 heterocycles. The van der Waals surface area contributed by atoms with E-state index in [1.165, 1.54) is 11.3 Å². The second kappa shape index (κ2) is 5.23. The van der Waals surface area contributed by atoms with Crippen molar-refractivity contribution in [1.82, 2.24) is 0 Å². The van der Waals surface area contributed by atoms with Gasteiger partial charge in [-0.1, -0.05) is 0 Å². The third kappa shape index (κ3) is 2.54. The van der Waals surface area contributed by atoms with E-state index in [-0.39, 0.29) is 5.78 Å². The van der Waals surface area contributed by atoms with Crippen LogP contribution < -0.4 is 10.5 Å². The van der Waals surface area contributed by atoms with E-state index in [4.69, 9.17) is 10.5 Å². The fraction of sp³-hybridized carbons (Fsp3) is 0.214. The molecule has 18 heavy (non-hydrogen) atoms. The summed E-state index contributed by atoms with van der Waals surface area (Å²) in [5, 5.41) is 0. The minimum atomic E-state index is 0.00264. The molecule has 0 unspecified atom stereocenters. The number of ether oxygens (including phenoxy) is 1. The van der Waals surface area contributed by atoms with E-state index in [1.807, 2.05) is 26.0 Å². The zero-order valence-corrected chi connectivity index (χ0v) is 11.2. The van der Waals surface area contributed by atoms with Crippen LogP contribution in [0, 0.1) is 6.92 Å². The normalized spacial score (nSPS) is 10.3. The molecule has 0 radical (unpaired) electrons. The van der Waals surface area contributed by atoms with Crippen LogP contribution in [0.2, 0.25) is 0 Å². The van der Waals surface area contributed by atoms with Crippen molar-refractivity contribution in [1.29, 1.82) is 0 Å². The Labute approximate surface area is 110 Å². The fourth-order valence-electron chi connectivity index (χ4n) is 1.68. The fourth-order valence-corrected chi connectivity index (χ4v) is 2.51. The summed E-state index contributed by atoms with van der Waals surface area (Å²) >= 11 is 1.49. The topological polar surface area (TPSA) is 52.3 Å². The standard InChI is InChI=1S/C14H15NO2S/c1-3-17-12-6-5-10(8-11(12)15)14(16)13-7-4-9(2)18-13/h4-8H,3,15H2,1-2H3. The molecule has 0 aliphatic heterocycles. The molecular weight excluding hydrogens is 246 g/mol. The molecule has 0 aliphatic rings. The maximum absolute atomic E-state index is 12.2. The average molecular weight is 261 g/mol. The van der Waals surface area contributed by atoms with Gasteiger partial charge < -0.3 is 10.5 Å². The molecule has 4 heteroatoms. The van der Waals surface area contributed by atoms with E-state index in [9.17, 15) is 4.79 Å². The Morgan fingerprint density at radius 1 is 1.33 bits per heavy atom. The van der Waals surface area contributed by atoms with E-state index in [0.717, 1.165) is 9.75 Å². The largest absolute Gasteiger partial charge is 0.492 e. The van der Waals surface area contributed by atoms with Crippen molar-refractivity contribution in [2.24, 2.45) is 0 Å². The van der Waals surface area contributed by atoms with Crippen LogP contribution in [0.5, 0.6) is 5.75 Å². The summed E-state index contributed by atoms with van der Waals surface area (Å²) in [6, 6.07) is 8.94. The number of carbonyl (C=O) groups is 1. The molecule has 2 aromatic rings. The number of ketones is 1. The number of benzene rings is 1. The highest BCUT2D eigenvalue weighted by Gasteiger charge is 2.12. The van der Waals surface area contributed by atoms with E-state index in [1.54, 1.807) is 18.2 Å². The van der Waals surface area contributed by atoms with Crippen LogP contribution in [0.15, 0.2) is 30.3 Å². The lowest BCUT2D eigenvalue weighted by molar-refractivity contribution is 0.104. The first kappa shape index (κ1) is 12.6. The van der Waals surface area contributed by atoms with Crippen LogP contribution >= 0.6 is 11.3 Å². The van der Waals surface area contributed by atoms with Crippen molar-refractivity contribution < 1.29 is 9.53 Å². The molecule has 3 nitrogen and oxygen atoms in total. The van der Waals surface area contributed by atoms with Crippen molar-refractivity contribution in [2.75, 3.05) is 12.3 Å². The Hall–Kier alpha value is -1.81. The molecular formula is C14H15NO2S. The van der Waals surface area contributed by atoms with Gasteiger partial charge in [0, 0.05) is 10.4 Å². The SMILES string of the molecule is CCOc1ccc(C(=O)c2ccc(C)s2)cc1N. The number of nitrogens with two attached hydrogens (primary N) is 1. The van der Waals surface area contributed by atoms with Gasteiger partial charge in [-0.2, -0.15) is 0 Å². The summed E-state index contributed by atoms with van der Waals surface area (Å²) in [5.74, 6) is 0.624. The van der Waals surface area contributed by atoms with Crippen molar-refractivity contribution >= 4 is 22.8 Å². The van der Waals surface area contributed by atoms with Gasteiger partial charge >= 0.3 is 0 Å². The van der Waals surface area contributed by atoms with Crippen LogP contribution in [-0.2, 0) is 0 Å². The number of anilines is 1. The van der Waals surface area contributed by atoms with Crippen LogP contribution in [0.4, 0.5) is 5.69 Å². The van der Waals surface area contributed by atoms with Gasteiger partial charge in [0.25, 0.3) is 0 Å². The second-order valence-corrected chi connectivity index (χ2v) is 5.21. The van der Waals surface area contributed by atoms with Gasteiger partial charge in [-0.05, 0) is 44.2 Å². The van der Waals surface area contributed by atoms with Gasteiger partial charge in [0.2, 0.25) is 5.78 Å². The Morgan fingerprint density at radius 2 is 2.11 bits per heavy atom. The Balaban J connectivity index is 2.29. The highest BCUT2D eigenvalue weighted by molar-refractivity contribution is 7.14. The minimum Gasteiger partial charge on any atom is -0.492 e. The minimum absolute atomic E-state index is 0.00264. The first-order chi connectivity index (χ1) is 8.61. The van der Waals surface area contributed by atoms with Gasteiger partial charge in [0.15, 0.2) is 0 Å². The molecule has 94 valence electrons. The summed E-state index contributed by atoms with van der Waals surface area (Å²) < 4.78 is 5.35. The van der Waals surface area contributed by atoms with Crippen LogP contribution in [0.3, 0.4) is 0 Å². The molecule has 0 atom stereocenters. The molecule has 0 fully saturated rings. The molecule has 0 aliphatic carbocycles. The van der Waals surface area contributed by atoms with Crippen LogP contribution in [0.25, 0.3) is 0 Å². The first-order valence-corrected chi connectivity index (χ1v) is 6.57. The highest BCUT2D eigenvalue weighted by Crippen LogP contribution is 2.25. The number of rotatable bonds is 4. The van der Waals surface area contributed by atoms with E-state index >= 15 is 0 Å². The number of aryl methyl sites for hydroxylation is 1. The summed E-state index contributed by atoms with van der Waals surface area (Å²) in [5.41, 5.74) is 6.95. The highest BCUT2D eigenvalue weighted by atomic mass is 32.1. The molecule has 0 saturated heterocycles. The molecule has 0 bridgehead atoms. The maximum atomic E-state index is 12.2. The molecule has 2 rings (SSSR count). The second-order valence-electron chi connectivity index (χ2n) is 3.93. The number of hydrogen-bond donors (Lipinski definition) is 1. The van der Waals surface area contributed by atoms with Crippen molar-refractivity contribution in [3.63, 3.8) is 0 Å². The molecule has 2 N–H and O–H groups in total.